The van der Waals surface area contributed by atoms with Gasteiger partial charge in [0.1, 0.15) is 6.33 Å². The fourth-order valence-corrected chi connectivity index (χ4v) is 2.87. The Hall–Kier alpha value is -2.42. The van der Waals surface area contributed by atoms with Crippen molar-refractivity contribution in [2.75, 3.05) is 6.61 Å². The number of ether oxygens (including phenoxy) is 1. The summed E-state index contributed by atoms with van der Waals surface area (Å²) in [6.07, 6.45) is 4.77. The molecule has 0 N–H and O–H groups in total. The number of fused-ring (bicyclic) bond motifs is 1. The number of nitrogens with zero attached hydrogens (tertiary/aromatic N) is 2. The van der Waals surface area contributed by atoms with Gasteiger partial charge in [0, 0.05) is 0 Å². The summed E-state index contributed by atoms with van der Waals surface area (Å²) in [5.41, 5.74) is 3.91. The summed E-state index contributed by atoms with van der Waals surface area (Å²) in [4.78, 5) is 8.52. The number of aromatic nitrogens is 2. The van der Waals surface area contributed by atoms with Crippen LogP contribution >= 0.6 is 0 Å². The zero-order valence-corrected chi connectivity index (χ0v) is 15.3. The molecule has 0 aliphatic rings. The molecule has 0 saturated heterocycles. The maximum atomic E-state index is 5.87. The fourth-order valence-electron chi connectivity index (χ4n) is 2.87. The smallest absolute Gasteiger partial charge is 0.224 e. The Balaban J connectivity index is 1.47. The molecule has 0 saturated carbocycles. The molecule has 130 valence electrons. The van der Waals surface area contributed by atoms with E-state index in [-0.39, 0.29) is 5.41 Å². The van der Waals surface area contributed by atoms with Crippen molar-refractivity contribution in [3.63, 3.8) is 0 Å². The third-order valence-electron chi connectivity index (χ3n) is 4.42. The second-order valence-electron chi connectivity index (χ2n) is 7.45. The number of hydrogen-bond acceptors (Lipinski definition) is 3. The van der Waals surface area contributed by atoms with Crippen LogP contribution < -0.4 is 4.74 Å². The molecule has 3 heteroatoms. The maximum Gasteiger partial charge on any atom is 0.224 e. The largest absolute Gasteiger partial charge is 0.477 e. The minimum atomic E-state index is 0.215. The monoisotopic (exact) mass is 334 g/mol. The Morgan fingerprint density at radius 3 is 2.40 bits per heavy atom. The summed E-state index contributed by atoms with van der Waals surface area (Å²) in [5.74, 6) is 0.681. The van der Waals surface area contributed by atoms with Gasteiger partial charge in [-0.25, -0.2) is 9.97 Å². The first-order chi connectivity index (χ1) is 12.0. The van der Waals surface area contributed by atoms with E-state index in [1.54, 1.807) is 6.33 Å². The lowest BCUT2D eigenvalue weighted by molar-refractivity contribution is 0.299. The molecule has 0 unspecified atom stereocenters. The van der Waals surface area contributed by atoms with Gasteiger partial charge in [0.25, 0.3) is 0 Å². The number of hydrogen-bond donors (Lipinski definition) is 0. The Labute approximate surface area is 150 Å². The Kier molecular flexibility index (Phi) is 5.32. The molecule has 0 fully saturated rings. The van der Waals surface area contributed by atoms with Gasteiger partial charge in [-0.3, -0.25) is 0 Å². The molecule has 0 aliphatic carbocycles. The summed E-state index contributed by atoms with van der Waals surface area (Å²) in [6.45, 7) is 7.42. The number of para-hydroxylation sites is 1. The lowest BCUT2D eigenvalue weighted by Crippen LogP contribution is -2.10. The van der Waals surface area contributed by atoms with Gasteiger partial charge in [-0.1, -0.05) is 57.2 Å². The average Bonchev–Trinajstić information content (AvgIpc) is 2.61. The highest BCUT2D eigenvalue weighted by atomic mass is 16.5. The average molecular weight is 334 g/mol. The first-order valence-corrected chi connectivity index (χ1v) is 8.96. The van der Waals surface area contributed by atoms with Gasteiger partial charge in [0.05, 0.1) is 17.5 Å². The van der Waals surface area contributed by atoms with Crippen LogP contribution in [0.2, 0.25) is 0 Å². The summed E-state index contributed by atoms with van der Waals surface area (Å²) < 4.78 is 5.87. The van der Waals surface area contributed by atoms with Crippen LogP contribution in [-0.2, 0) is 11.8 Å². The molecule has 0 radical (unpaired) electrons. The molecule has 0 amide bonds. The third-order valence-corrected chi connectivity index (χ3v) is 4.42. The summed E-state index contributed by atoms with van der Waals surface area (Å²) in [7, 11) is 0. The first-order valence-electron chi connectivity index (χ1n) is 8.96. The third kappa shape index (κ3) is 4.56. The van der Waals surface area contributed by atoms with Crippen LogP contribution in [0.1, 0.15) is 44.7 Å². The van der Waals surface area contributed by atoms with Gasteiger partial charge in [0.15, 0.2) is 0 Å². The van der Waals surface area contributed by atoms with E-state index >= 15 is 0 Å². The predicted molar refractivity (Wildman–Crippen MR) is 103 cm³/mol. The topological polar surface area (TPSA) is 35.0 Å². The lowest BCUT2D eigenvalue weighted by atomic mass is 9.86. The second-order valence-corrected chi connectivity index (χ2v) is 7.45. The van der Waals surface area contributed by atoms with Crippen molar-refractivity contribution in [3.8, 4) is 5.88 Å². The van der Waals surface area contributed by atoms with E-state index in [0.717, 1.165) is 30.2 Å². The summed E-state index contributed by atoms with van der Waals surface area (Å²) in [6, 6.07) is 16.9. The first kappa shape index (κ1) is 17.4. The Morgan fingerprint density at radius 2 is 1.64 bits per heavy atom. The van der Waals surface area contributed by atoms with Crippen molar-refractivity contribution in [1.82, 2.24) is 9.97 Å². The number of aryl methyl sites for hydroxylation is 1. The molecule has 0 aliphatic heterocycles. The summed E-state index contributed by atoms with van der Waals surface area (Å²) in [5, 5.41) is 0.975. The van der Waals surface area contributed by atoms with Crippen LogP contribution in [0.15, 0.2) is 54.9 Å². The highest BCUT2D eigenvalue weighted by Gasteiger charge is 2.12. The normalized spacial score (nSPS) is 11.6. The molecule has 1 heterocycles. The van der Waals surface area contributed by atoms with Crippen molar-refractivity contribution >= 4 is 10.9 Å². The maximum absolute atomic E-state index is 5.87. The quantitative estimate of drug-likeness (QED) is 0.572. The summed E-state index contributed by atoms with van der Waals surface area (Å²) >= 11 is 0. The van der Waals surface area contributed by atoms with E-state index in [1.165, 1.54) is 11.1 Å². The zero-order valence-electron chi connectivity index (χ0n) is 15.3. The van der Waals surface area contributed by atoms with E-state index in [0.29, 0.717) is 12.5 Å². The van der Waals surface area contributed by atoms with Crippen molar-refractivity contribution in [1.29, 1.82) is 0 Å². The zero-order chi connectivity index (χ0) is 17.7. The molecular weight excluding hydrogens is 308 g/mol. The molecule has 3 rings (SSSR count). The molecule has 0 spiro atoms. The highest BCUT2D eigenvalue weighted by Crippen LogP contribution is 2.23. The SMILES string of the molecule is CC(C)(C)c1ccc(CCCCOc2ncnc3ccccc23)cc1. The van der Waals surface area contributed by atoms with Gasteiger partial charge in [-0.05, 0) is 47.9 Å². The van der Waals surface area contributed by atoms with Crippen molar-refractivity contribution in [2.45, 2.75) is 45.4 Å². The lowest BCUT2D eigenvalue weighted by Gasteiger charge is -2.19. The Bertz CT molecular complexity index is 814. The molecular formula is C22H26N2O. The number of benzene rings is 2. The van der Waals surface area contributed by atoms with Crippen LogP contribution in [0, 0.1) is 0 Å². The van der Waals surface area contributed by atoms with Gasteiger partial charge in [-0.15, -0.1) is 0 Å². The number of unbranched alkanes of at least 4 members (excludes halogenated alkanes) is 1. The van der Waals surface area contributed by atoms with Crippen LogP contribution in [0.4, 0.5) is 0 Å². The van der Waals surface area contributed by atoms with Crippen LogP contribution in [0.25, 0.3) is 10.9 Å². The molecule has 0 bridgehead atoms. The minimum absolute atomic E-state index is 0.215. The molecule has 2 aromatic carbocycles. The molecule has 3 aromatic rings. The van der Waals surface area contributed by atoms with Crippen molar-refractivity contribution < 1.29 is 4.74 Å². The standard InChI is InChI=1S/C22H26N2O/c1-22(2,3)18-13-11-17(12-14-18)8-6-7-15-25-21-19-9-4-5-10-20(19)23-16-24-21/h4-5,9-14,16H,6-8,15H2,1-3H3. The number of rotatable bonds is 6. The van der Waals surface area contributed by atoms with Crippen LogP contribution in [0.3, 0.4) is 0 Å². The van der Waals surface area contributed by atoms with E-state index in [4.69, 9.17) is 4.74 Å². The van der Waals surface area contributed by atoms with Crippen LogP contribution in [0.5, 0.6) is 5.88 Å². The van der Waals surface area contributed by atoms with Crippen LogP contribution in [-0.4, -0.2) is 16.6 Å². The van der Waals surface area contributed by atoms with Gasteiger partial charge in [-0.2, -0.15) is 0 Å². The van der Waals surface area contributed by atoms with Crippen molar-refractivity contribution in [3.05, 3.63) is 66.0 Å². The van der Waals surface area contributed by atoms with Crippen molar-refractivity contribution in [2.24, 2.45) is 0 Å². The molecule has 1 aromatic heterocycles. The Morgan fingerprint density at radius 1 is 0.880 bits per heavy atom. The molecule has 3 nitrogen and oxygen atoms in total. The van der Waals surface area contributed by atoms with E-state index in [1.807, 2.05) is 24.3 Å². The molecule has 0 atom stereocenters. The van der Waals surface area contributed by atoms with E-state index in [2.05, 4.69) is 55.0 Å². The van der Waals surface area contributed by atoms with E-state index < -0.39 is 0 Å². The van der Waals surface area contributed by atoms with Gasteiger partial charge < -0.3 is 4.74 Å². The fraction of sp³-hybridized carbons (Fsp3) is 0.364. The predicted octanol–water partition coefficient (Wildman–Crippen LogP) is 5.33. The van der Waals surface area contributed by atoms with Gasteiger partial charge in [0.2, 0.25) is 5.88 Å². The van der Waals surface area contributed by atoms with Gasteiger partial charge >= 0.3 is 0 Å². The second kappa shape index (κ2) is 7.64. The molecule has 25 heavy (non-hydrogen) atoms. The van der Waals surface area contributed by atoms with E-state index in [9.17, 15) is 0 Å². The highest BCUT2D eigenvalue weighted by molar-refractivity contribution is 5.82. The minimum Gasteiger partial charge on any atom is -0.477 e.